The van der Waals surface area contributed by atoms with Gasteiger partial charge >= 0.3 is 0 Å². The molecule has 1 aliphatic heterocycles. The topological polar surface area (TPSA) is 41.5 Å². The molecular weight excluding hydrogens is 210 g/mol. The molecule has 0 amide bonds. The molecular formula is C11H15NO2S. The average molecular weight is 225 g/mol. The molecule has 0 aliphatic carbocycles. The van der Waals surface area contributed by atoms with Gasteiger partial charge in [0.15, 0.2) is 0 Å². The largest absolute Gasteiger partial charge is 0.508 e. The summed E-state index contributed by atoms with van der Waals surface area (Å²) in [6.07, 6.45) is 1.97. The molecule has 0 aromatic heterocycles. The summed E-state index contributed by atoms with van der Waals surface area (Å²) in [5.41, 5.74) is 0.875. The Morgan fingerprint density at radius 1 is 1.53 bits per heavy atom. The zero-order chi connectivity index (χ0) is 10.7. The van der Waals surface area contributed by atoms with E-state index >= 15 is 0 Å². The minimum atomic E-state index is -0.0188. The summed E-state index contributed by atoms with van der Waals surface area (Å²) in [5, 5.41) is 13.1. The first kappa shape index (κ1) is 10.8. The molecule has 1 aliphatic rings. The van der Waals surface area contributed by atoms with E-state index < -0.39 is 0 Å². The average Bonchev–Trinajstić information content (AvgIpc) is 2.30. The lowest BCUT2D eigenvalue weighted by Gasteiger charge is -2.24. The third kappa shape index (κ3) is 2.45. The van der Waals surface area contributed by atoms with E-state index in [1.807, 2.05) is 18.4 Å². The molecule has 2 rings (SSSR count). The number of rotatable bonds is 2. The second-order valence-electron chi connectivity index (χ2n) is 3.49. The van der Waals surface area contributed by atoms with E-state index in [2.05, 4.69) is 5.32 Å². The molecule has 15 heavy (non-hydrogen) atoms. The Morgan fingerprint density at radius 2 is 2.40 bits per heavy atom. The fourth-order valence-corrected chi connectivity index (χ4v) is 2.12. The molecule has 2 N–H and O–H groups in total. The summed E-state index contributed by atoms with van der Waals surface area (Å²) in [5.74, 6) is 0.329. The van der Waals surface area contributed by atoms with Crippen molar-refractivity contribution in [2.75, 3.05) is 26.0 Å². The minimum absolute atomic E-state index is 0.0188. The molecule has 1 heterocycles. The van der Waals surface area contributed by atoms with E-state index in [1.165, 1.54) is 0 Å². The summed E-state index contributed by atoms with van der Waals surface area (Å²) in [7, 11) is 0. The van der Waals surface area contributed by atoms with Crippen LogP contribution in [0.4, 0.5) is 0 Å². The third-order valence-corrected chi connectivity index (χ3v) is 3.24. The van der Waals surface area contributed by atoms with Gasteiger partial charge in [-0.25, -0.2) is 0 Å². The van der Waals surface area contributed by atoms with Crippen LogP contribution in [0.3, 0.4) is 0 Å². The number of aromatic hydroxyl groups is 1. The number of nitrogens with one attached hydrogen (secondary N) is 1. The highest BCUT2D eigenvalue weighted by Gasteiger charge is 2.18. The van der Waals surface area contributed by atoms with Gasteiger partial charge in [0, 0.05) is 23.5 Å². The highest BCUT2D eigenvalue weighted by atomic mass is 32.2. The first-order chi connectivity index (χ1) is 7.31. The zero-order valence-electron chi connectivity index (χ0n) is 8.69. The van der Waals surface area contributed by atoms with Crippen molar-refractivity contribution < 1.29 is 9.84 Å². The van der Waals surface area contributed by atoms with E-state index in [9.17, 15) is 5.11 Å². The Morgan fingerprint density at radius 3 is 3.00 bits per heavy atom. The number of ether oxygens (including phenoxy) is 1. The monoisotopic (exact) mass is 225 g/mol. The number of phenols is 1. The van der Waals surface area contributed by atoms with Gasteiger partial charge in [-0.15, -0.1) is 11.8 Å². The number of phenolic OH excluding ortho intramolecular Hbond substituents is 1. The molecule has 0 saturated carbocycles. The highest BCUT2D eigenvalue weighted by molar-refractivity contribution is 7.98. The molecule has 0 radical (unpaired) electrons. The van der Waals surface area contributed by atoms with Crippen molar-refractivity contribution in [2.24, 2.45) is 0 Å². The van der Waals surface area contributed by atoms with Gasteiger partial charge in [-0.3, -0.25) is 0 Å². The molecule has 0 bridgehead atoms. The summed E-state index contributed by atoms with van der Waals surface area (Å²) < 4.78 is 5.59. The zero-order valence-corrected chi connectivity index (χ0v) is 9.51. The van der Waals surface area contributed by atoms with Crippen LogP contribution in [0.15, 0.2) is 23.1 Å². The van der Waals surface area contributed by atoms with Crippen molar-refractivity contribution >= 4 is 11.8 Å². The van der Waals surface area contributed by atoms with Crippen LogP contribution >= 0.6 is 11.8 Å². The maximum Gasteiger partial charge on any atom is 0.122 e. The van der Waals surface area contributed by atoms with Gasteiger partial charge in [-0.2, -0.15) is 0 Å². The van der Waals surface area contributed by atoms with Crippen LogP contribution in [0.5, 0.6) is 5.75 Å². The van der Waals surface area contributed by atoms with Gasteiger partial charge < -0.3 is 15.2 Å². The van der Waals surface area contributed by atoms with Gasteiger partial charge in [-0.05, 0) is 18.4 Å². The summed E-state index contributed by atoms with van der Waals surface area (Å²) in [6, 6.07) is 5.74. The smallest absolute Gasteiger partial charge is 0.122 e. The first-order valence-electron chi connectivity index (χ1n) is 5.00. The van der Waals surface area contributed by atoms with Crippen LogP contribution in [0.2, 0.25) is 0 Å². The fraction of sp³-hybridized carbons (Fsp3) is 0.455. The van der Waals surface area contributed by atoms with E-state index in [4.69, 9.17) is 4.74 Å². The summed E-state index contributed by atoms with van der Waals surface area (Å²) >= 11 is 1.62. The van der Waals surface area contributed by atoms with E-state index in [1.54, 1.807) is 17.8 Å². The Bertz CT molecular complexity index is 337. The second kappa shape index (κ2) is 4.88. The molecule has 82 valence electrons. The van der Waals surface area contributed by atoms with Gasteiger partial charge in [0.1, 0.15) is 5.75 Å². The van der Waals surface area contributed by atoms with Gasteiger partial charge in [0.25, 0.3) is 0 Å². The summed E-state index contributed by atoms with van der Waals surface area (Å²) in [4.78, 5) is 1.07. The number of hydrogen-bond acceptors (Lipinski definition) is 4. The molecule has 1 fully saturated rings. The third-order valence-electron chi connectivity index (χ3n) is 2.51. The quantitative estimate of drug-likeness (QED) is 0.753. The maximum atomic E-state index is 9.85. The predicted molar refractivity (Wildman–Crippen MR) is 61.5 cm³/mol. The van der Waals surface area contributed by atoms with Crippen molar-refractivity contribution in [3.63, 3.8) is 0 Å². The number of hydrogen-bond donors (Lipinski definition) is 2. The van der Waals surface area contributed by atoms with Crippen LogP contribution < -0.4 is 5.32 Å². The van der Waals surface area contributed by atoms with Crippen molar-refractivity contribution in [2.45, 2.75) is 11.0 Å². The normalized spacial score (nSPS) is 21.5. The molecule has 1 aromatic rings. The summed E-state index contributed by atoms with van der Waals surface area (Å²) in [6.45, 7) is 2.36. The van der Waals surface area contributed by atoms with Crippen LogP contribution in [-0.4, -0.2) is 31.1 Å². The van der Waals surface area contributed by atoms with Crippen molar-refractivity contribution in [3.05, 3.63) is 23.8 Å². The molecule has 1 atom stereocenters. The predicted octanol–water partition coefficient (Wildman–Crippen LogP) is 1.77. The Balaban J connectivity index is 2.19. The Kier molecular flexibility index (Phi) is 3.51. The number of benzene rings is 1. The minimum Gasteiger partial charge on any atom is -0.508 e. The lowest BCUT2D eigenvalue weighted by atomic mass is 10.1. The van der Waals surface area contributed by atoms with Crippen LogP contribution in [0, 0.1) is 0 Å². The van der Waals surface area contributed by atoms with E-state index in [-0.39, 0.29) is 6.10 Å². The SMILES string of the molecule is CSc1ccc(C2CNCCO2)c(O)c1. The van der Waals surface area contributed by atoms with Crippen molar-refractivity contribution in [3.8, 4) is 5.75 Å². The number of thioether (sulfide) groups is 1. The number of morpholine rings is 1. The molecule has 4 heteroatoms. The maximum absolute atomic E-state index is 9.85. The van der Waals surface area contributed by atoms with Crippen LogP contribution in [-0.2, 0) is 4.74 Å². The standard InChI is InChI=1S/C11H15NO2S/c1-15-8-2-3-9(10(13)6-8)11-7-12-4-5-14-11/h2-3,6,11-13H,4-5,7H2,1H3. The lowest BCUT2D eigenvalue weighted by Crippen LogP contribution is -2.33. The fourth-order valence-electron chi connectivity index (χ4n) is 1.69. The Labute approximate surface area is 93.8 Å². The first-order valence-corrected chi connectivity index (χ1v) is 6.23. The highest BCUT2D eigenvalue weighted by Crippen LogP contribution is 2.30. The van der Waals surface area contributed by atoms with E-state index in [0.717, 1.165) is 23.5 Å². The van der Waals surface area contributed by atoms with Gasteiger partial charge in [-0.1, -0.05) is 6.07 Å². The van der Waals surface area contributed by atoms with Gasteiger partial charge in [0.2, 0.25) is 0 Å². The molecule has 0 spiro atoms. The molecule has 1 unspecified atom stereocenters. The molecule has 3 nitrogen and oxygen atoms in total. The lowest BCUT2D eigenvalue weighted by molar-refractivity contribution is 0.0263. The van der Waals surface area contributed by atoms with E-state index in [0.29, 0.717) is 12.4 Å². The Hall–Kier alpha value is -0.710. The van der Waals surface area contributed by atoms with Crippen LogP contribution in [0.25, 0.3) is 0 Å². The van der Waals surface area contributed by atoms with Crippen molar-refractivity contribution in [1.29, 1.82) is 0 Å². The van der Waals surface area contributed by atoms with Crippen LogP contribution in [0.1, 0.15) is 11.7 Å². The second-order valence-corrected chi connectivity index (χ2v) is 4.37. The molecule has 1 saturated heterocycles. The van der Waals surface area contributed by atoms with Gasteiger partial charge in [0.05, 0.1) is 12.7 Å². The van der Waals surface area contributed by atoms with Crippen molar-refractivity contribution in [1.82, 2.24) is 5.32 Å². The molecule has 1 aromatic carbocycles.